The fourth-order valence-electron chi connectivity index (χ4n) is 7.33. The standard InChI is InChI=1S/C31H38N2O6/c1-4-15-32(23-14-13-21-11-7-8-12-22(21)18-23)28(36)26-31-19-20(2)30(3,39-31)25(29(37)38)24(31)27(35)33(26)16-9-5-6-10-17-34/h4,7-8,11-14,18,20,24-26,34H,1,5-6,9-10,15-17,19H2,2-3H3,(H,37,38)/t20?,24-,25-,26?,30+,31?/m0/s1. The van der Waals surface area contributed by atoms with E-state index in [2.05, 4.69) is 6.58 Å². The maximum Gasteiger partial charge on any atom is 0.310 e. The molecule has 2 N–H and O–H groups in total. The highest BCUT2D eigenvalue weighted by Crippen LogP contribution is 2.65. The highest BCUT2D eigenvalue weighted by molar-refractivity contribution is 6.05. The van der Waals surface area contributed by atoms with E-state index in [0.29, 0.717) is 31.5 Å². The van der Waals surface area contributed by atoms with Crippen LogP contribution in [0.2, 0.25) is 0 Å². The number of hydrogen-bond acceptors (Lipinski definition) is 5. The Hall–Kier alpha value is -3.23. The van der Waals surface area contributed by atoms with E-state index in [0.717, 1.165) is 23.6 Å². The second-order valence-corrected chi connectivity index (χ2v) is 11.5. The van der Waals surface area contributed by atoms with Crippen LogP contribution in [-0.4, -0.2) is 69.8 Å². The number of aliphatic hydroxyl groups is 1. The highest BCUT2D eigenvalue weighted by atomic mass is 16.5. The van der Waals surface area contributed by atoms with E-state index in [-0.39, 0.29) is 30.9 Å². The van der Waals surface area contributed by atoms with Crippen molar-refractivity contribution in [2.75, 3.05) is 24.6 Å². The summed E-state index contributed by atoms with van der Waals surface area (Å²) in [4.78, 5) is 44.4. The monoisotopic (exact) mass is 534 g/mol. The van der Waals surface area contributed by atoms with Crippen LogP contribution in [0.15, 0.2) is 55.1 Å². The minimum absolute atomic E-state index is 0.113. The normalized spacial score (nSPS) is 31.1. The lowest BCUT2D eigenvalue weighted by atomic mass is 9.62. The lowest BCUT2D eigenvalue weighted by Crippen LogP contribution is -2.56. The number of aliphatic carboxylic acids is 1. The number of benzene rings is 2. The van der Waals surface area contributed by atoms with Crippen molar-refractivity contribution in [2.45, 2.75) is 63.2 Å². The molecule has 3 aliphatic rings. The van der Waals surface area contributed by atoms with Gasteiger partial charge < -0.3 is 24.7 Å². The molecule has 0 aliphatic carbocycles. The average Bonchev–Trinajstić information content (AvgIpc) is 3.43. The molecule has 3 fully saturated rings. The van der Waals surface area contributed by atoms with Gasteiger partial charge in [-0.15, -0.1) is 6.58 Å². The van der Waals surface area contributed by atoms with Crippen molar-refractivity contribution in [3.8, 4) is 0 Å². The first-order valence-corrected chi connectivity index (χ1v) is 13.9. The van der Waals surface area contributed by atoms with E-state index >= 15 is 0 Å². The number of carbonyl (C=O) groups excluding carboxylic acids is 2. The van der Waals surface area contributed by atoms with Gasteiger partial charge in [-0.25, -0.2) is 0 Å². The number of likely N-dealkylation sites (tertiary alicyclic amines) is 1. The Morgan fingerprint density at radius 1 is 1.15 bits per heavy atom. The molecule has 1 spiro atoms. The molecule has 2 amide bonds. The van der Waals surface area contributed by atoms with Crippen LogP contribution in [0.1, 0.15) is 46.0 Å². The van der Waals surface area contributed by atoms with Crippen LogP contribution in [-0.2, 0) is 19.1 Å². The van der Waals surface area contributed by atoms with E-state index in [1.54, 1.807) is 22.8 Å². The maximum atomic E-state index is 14.6. The fraction of sp³-hybridized carbons (Fsp3) is 0.516. The van der Waals surface area contributed by atoms with Crippen LogP contribution in [0.5, 0.6) is 0 Å². The van der Waals surface area contributed by atoms with E-state index in [4.69, 9.17) is 9.84 Å². The molecule has 39 heavy (non-hydrogen) atoms. The first-order valence-electron chi connectivity index (χ1n) is 13.9. The van der Waals surface area contributed by atoms with Gasteiger partial charge in [-0.1, -0.05) is 56.2 Å². The predicted molar refractivity (Wildman–Crippen MR) is 148 cm³/mol. The van der Waals surface area contributed by atoms with Gasteiger partial charge in [-0.3, -0.25) is 14.4 Å². The van der Waals surface area contributed by atoms with Crippen molar-refractivity contribution in [2.24, 2.45) is 17.8 Å². The van der Waals surface area contributed by atoms with Crippen LogP contribution in [0.3, 0.4) is 0 Å². The number of nitrogens with zero attached hydrogens (tertiary/aromatic N) is 2. The summed E-state index contributed by atoms with van der Waals surface area (Å²) in [5.74, 6) is -3.70. The molecule has 3 heterocycles. The van der Waals surface area contributed by atoms with Crippen LogP contribution in [0.25, 0.3) is 10.8 Å². The summed E-state index contributed by atoms with van der Waals surface area (Å²) in [5.41, 5.74) is -1.54. The summed E-state index contributed by atoms with van der Waals surface area (Å²) in [5, 5.41) is 21.4. The van der Waals surface area contributed by atoms with E-state index in [1.165, 1.54) is 0 Å². The molecular formula is C31H38N2O6. The summed E-state index contributed by atoms with van der Waals surface area (Å²) in [6, 6.07) is 12.8. The molecule has 2 aromatic carbocycles. The summed E-state index contributed by atoms with van der Waals surface area (Å²) < 4.78 is 6.62. The molecule has 0 radical (unpaired) electrons. The third-order valence-electron chi connectivity index (χ3n) is 9.24. The minimum Gasteiger partial charge on any atom is -0.481 e. The summed E-state index contributed by atoms with van der Waals surface area (Å²) in [6.45, 7) is 8.29. The molecule has 5 rings (SSSR count). The van der Waals surface area contributed by atoms with E-state index in [9.17, 15) is 19.5 Å². The number of anilines is 1. The first kappa shape index (κ1) is 27.3. The van der Waals surface area contributed by atoms with E-state index < -0.39 is 35.0 Å². The zero-order valence-corrected chi connectivity index (χ0v) is 22.7. The second kappa shape index (κ2) is 10.4. The van der Waals surface area contributed by atoms with Gasteiger partial charge in [0.15, 0.2) is 0 Å². The molecule has 3 saturated heterocycles. The Morgan fingerprint density at radius 2 is 1.87 bits per heavy atom. The number of amides is 2. The highest BCUT2D eigenvalue weighted by Gasteiger charge is 2.80. The quantitative estimate of drug-likeness (QED) is 0.333. The third-order valence-corrected chi connectivity index (χ3v) is 9.24. The first-order chi connectivity index (χ1) is 18.7. The van der Waals surface area contributed by atoms with Crippen LogP contribution in [0, 0.1) is 17.8 Å². The van der Waals surface area contributed by atoms with Crippen molar-refractivity contribution in [1.29, 1.82) is 0 Å². The third kappa shape index (κ3) is 4.25. The summed E-state index contributed by atoms with van der Waals surface area (Å²) in [7, 11) is 0. The van der Waals surface area contributed by atoms with Crippen LogP contribution < -0.4 is 4.90 Å². The van der Waals surface area contributed by atoms with E-state index in [1.807, 2.05) is 49.4 Å². The number of carbonyl (C=O) groups is 3. The molecule has 0 saturated carbocycles. The van der Waals surface area contributed by atoms with Crippen molar-refractivity contribution in [3.63, 3.8) is 0 Å². The summed E-state index contributed by atoms with van der Waals surface area (Å²) >= 11 is 0. The van der Waals surface area contributed by atoms with Crippen molar-refractivity contribution in [1.82, 2.24) is 4.90 Å². The number of fused-ring (bicyclic) bond motifs is 2. The van der Waals surface area contributed by atoms with Crippen molar-refractivity contribution in [3.05, 3.63) is 55.1 Å². The van der Waals surface area contributed by atoms with Gasteiger partial charge in [-0.2, -0.15) is 0 Å². The van der Waals surface area contributed by atoms with Gasteiger partial charge in [0.1, 0.15) is 17.6 Å². The molecule has 8 heteroatoms. The molecule has 3 unspecified atom stereocenters. The van der Waals surface area contributed by atoms with Crippen molar-refractivity contribution >= 4 is 34.2 Å². The van der Waals surface area contributed by atoms with Gasteiger partial charge in [-0.05, 0) is 55.0 Å². The lowest BCUT2D eigenvalue weighted by molar-refractivity contribution is -0.156. The number of carboxylic acid groups (broad SMARTS) is 1. The number of carboxylic acids is 1. The lowest BCUT2D eigenvalue weighted by Gasteiger charge is -2.37. The Bertz CT molecular complexity index is 1290. The molecule has 0 aromatic heterocycles. The fourth-order valence-corrected chi connectivity index (χ4v) is 7.33. The Labute approximate surface area is 229 Å². The zero-order chi connectivity index (χ0) is 27.9. The van der Waals surface area contributed by atoms with Gasteiger partial charge in [0.2, 0.25) is 5.91 Å². The zero-order valence-electron chi connectivity index (χ0n) is 22.7. The number of ether oxygens (including phenoxy) is 1. The largest absolute Gasteiger partial charge is 0.481 e. The summed E-state index contributed by atoms with van der Waals surface area (Å²) in [6.07, 6.45) is 5.05. The van der Waals surface area contributed by atoms with Crippen LogP contribution in [0.4, 0.5) is 5.69 Å². The molecule has 3 aliphatic heterocycles. The number of rotatable bonds is 11. The van der Waals surface area contributed by atoms with Gasteiger partial charge in [0.05, 0.1) is 11.5 Å². The maximum absolute atomic E-state index is 14.6. The Kier molecular flexibility index (Phi) is 7.29. The van der Waals surface area contributed by atoms with Gasteiger partial charge in [0.25, 0.3) is 5.91 Å². The van der Waals surface area contributed by atoms with Gasteiger partial charge in [0, 0.05) is 25.4 Å². The topological polar surface area (TPSA) is 107 Å². The number of unbranched alkanes of at least 4 members (excludes halogenated alkanes) is 3. The average molecular weight is 535 g/mol. The Morgan fingerprint density at radius 3 is 2.56 bits per heavy atom. The number of hydrogen-bond donors (Lipinski definition) is 2. The second-order valence-electron chi connectivity index (χ2n) is 11.5. The number of aliphatic hydroxyl groups excluding tert-OH is 1. The van der Waals surface area contributed by atoms with Crippen molar-refractivity contribution < 1.29 is 29.3 Å². The van der Waals surface area contributed by atoms with Gasteiger partial charge >= 0.3 is 5.97 Å². The molecule has 2 aromatic rings. The molecule has 8 nitrogen and oxygen atoms in total. The van der Waals surface area contributed by atoms with Crippen LogP contribution >= 0.6 is 0 Å². The smallest absolute Gasteiger partial charge is 0.310 e. The molecule has 208 valence electrons. The minimum atomic E-state index is -1.20. The molecule has 2 bridgehead atoms. The predicted octanol–water partition coefficient (Wildman–Crippen LogP) is 4.01. The molecular weight excluding hydrogens is 496 g/mol. The molecule has 6 atom stereocenters. The Balaban J connectivity index is 1.56. The SMILES string of the molecule is C=CCN(C(=O)C1N(CCCCCCO)C(=O)[C@@H]2[C@@H](C(=O)O)[C@]3(C)OC12CC3C)c1ccc2ccccc2c1.